The van der Waals surface area contributed by atoms with Gasteiger partial charge in [0.25, 0.3) is 0 Å². The van der Waals surface area contributed by atoms with Gasteiger partial charge in [0.15, 0.2) is 0 Å². The summed E-state index contributed by atoms with van der Waals surface area (Å²) in [6, 6.07) is 0. The normalized spacial score (nSPS) is 27.6. The van der Waals surface area contributed by atoms with Crippen molar-refractivity contribution in [3.63, 3.8) is 0 Å². The molecule has 0 aromatic heterocycles. The second-order valence-corrected chi connectivity index (χ2v) is 7.05. The number of hydrogen-bond acceptors (Lipinski definition) is 1. The Kier molecular flexibility index (Phi) is 9.63. The summed E-state index contributed by atoms with van der Waals surface area (Å²) < 4.78 is 6.22. The van der Waals surface area contributed by atoms with Gasteiger partial charge in [-0.05, 0) is 49.9 Å². The lowest BCUT2D eigenvalue weighted by Crippen LogP contribution is -2.34. The van der Waals surface area contributed by atoms with Crippen LogP contribution in [-0.2, 0) is 4.74 Å². The monoisotopic (exact) mass is 300 g/mol. The highest BCUT2D eigenvalue weighted by molar-refractivity contribution is 6.25. The Morgan fingerprint density at radius 3 is 2.60 bits per heavy atom. The first-order chi connectivity index (χ1) is 9.65. The van der Waals surface area contributed by atoms with Crippen LogP contribution in [0.3, 0.4) is 0 Å². The molecule has 1 nitrogen and oxygen atoms in total. The summed E-state index contributed by atoms with van der Waals surface area (Å²) in [4.78, 5) is 0. The number of hydrogen-bond donors (Lipinski definition) is 0. The standard InChI is InChI=1S/C18H33ClO/c1-15(2)17-11-10-16(3)14-18(17)20-13-9-7-5-4-6-8-12-19/h8,12,15-18H,4-7,9-11,13-14H2,1-3H3/t16-,17+,18-/m1/s1. The zero-order valence-electron chi connectivity index (χ0n) is 13.6. The number of allylic oxidation sites excluding steroid dienone is 1. The second kappa shape index (κ2) is 10.7. The predicted octanol–water partition coefficient (Wildman–Crippen LogP) is 6.17. The molecule has 0 N–H and O–H groups in total. The summed E-state index contributed by atoms with van der Waals surface area (Å²) in [7, 11) is 0. The molecule has 0 saturated heterocycles. The van der Waals surface area contributed by atoms with Crippen LogP contribution in [0, 0.1) is 17.8 Å². The average Bonchev–Trinajstić information content (AvgIpc) is 2.41. The molecule has 1 saturated carbocycles. The van der Waals surface area contributed by atoms with Gasteiger partial charge >= 0.3 is 0 Å². The first-order valence-electron chi connectivity index (χ1n) is 8.52. The third kappa shape index (κ3) is 7.13. The van der Waals surface area contributed by atoms with Crippen LogP contribution in [0.5, 0.6) is 0 Å². The van der Waals surface area contributed by atoms with Crippen molar-refractivity contribution >= 4 is 11.6 Å². The summed E-state index contributed by atoms with van der Waals surface area (Å²) >= 11 is 5.50. The smallest absolute Gasteiger partial charge is 0.0608 e. The number of unbranched alkanes of at least 4 members (excludes halogenated alkanes) is 4. The van der Waals surface area contributed by atoms with E-state index in [0.29, 0.717) is 6.10 Å². The molecule has 1 aliphatic rings. The molecular weight excluding hydrogens is 268 g/mol. The van der Waals surface area contributed by atoms with Crippen LogP contribution in [0.15, 0.2) is 11.6 Å². The van der Waals surface area contributed by atoms with Crippen molar-refractivity contribution in [2.24, 2.45) is 17.8 Å². The minimum Gasteiger partial charge on any atom is -0.378 e. The number of halogens is 1. The highest BCUT2D eigenvalue weighted by Gasteiger charge is 2.31. The zero-order chi connectivity index (χ0) is 14.8. The summed E-state index contributed by atoms with van der Waals surface area (Å²) in [5.74, 6) is 2.38. The topological polar surface area (TPSA) is 9.23 Å². The van der Waals surface area contributed by atoms with E-state index in [1.165, 1.54) is 44.9 Å². The van der Waals surface area contributed by atoms with Gasteiger partial charge in [-0.15, -0.1) is 0 Å². The van der Waals surface area contributed by atoms with Gasteiger partial charge in [0.1, 0.15) is 0 Å². The van der Waals surface area contributed by atoms with Crippen LogP contribution in [0.25, 0.3) is 0 Å². The Labute approximate surface area is 131 Å². The quantitative estimate of drug-likeness (QED) is 0.463. The Morgan fingerprint density at radius 1 is 1.15 bits per heavy atom. The highest BCUT2D eigenvalue weighted by atomic mass is 35.5. The van der Waals surface area contributed by atoms with Crippen molar-refractivity contribution in [1.82, 2.24) is 0 Å². The molecule has 0 aliphatic heterocycles. The molecular formula is C18H33ClO. The van der Waals surface area contributed by atoms with Crippen LogP contribution in [0.1, 0.15) is 72.1 Å². The van der Waals surface area contributed by atoms with E-state index in [1.54, 1.807) is 5.54 Å². The molecule has 2 heteroatoms. The van der Waals surface area contributed by atoms with Crippen LogP contribution in [0.4, 0.5) is 0 Å². The first-order valence-corrected chi connectivity index (χ1v) is 8.95. The van der Waals surface area contributed by atoms with E-state index < -0.39 is 0 Å². The molecule has 0 aromatic carbocycles. The van der Waals surface area contributed by atoms with E-state index in [0.717, 1.165) is 30.8 Å². The van der Waals surface area contributed by atoms with Gasteiger partial charge in [-0.1, -0.05) is 57.7 Å². The number of ether oxygens (including phenoxy) is 1. The Bertz CT molecular complexity index is 262. The van der Waals surface area contributed by atoms with Crippen molar-refractivity contribution in [1.29, 1.82) is 0 Å². The first kappa shape index (κ1) is 18.0. The minimum atomic E-state index is 0.512. The largest absolute Gasteiger partial charge is 0.378 e. The van der Waals surface area contributed by atoms with Crippen LogP contribution in [-0.4, -0.2) is 12.7 Å². The van der Waals surface area contributed by atoms with E-state index in [9.17, 15) is 0 Å². The van der Waals surface area contributed by atoms with Gasteiger partial charge in [0.05, 0.1) is 6.10 Å². The van der Waals surface area contributed by atoms with Crippen molar-refractivity contribution in [3.8, 4) is 0 Å². The predicted molar refractivity (Wildman–Crippen MR) is 89.2 cm³/mol. The molecule has 20 heavy (non-hydrogen) atoms. The van der Waals surface area contributed by atoms with Crippen molar-refractivity contribution in [2.75, 3.05) is 6.61 Å². The van der Waals surface area contributed by atoms with Gasteiger partial charge in [-0.25, -0.2) is 0 Å². The fourth-order valence-electron chi connectivity index (χ4n) is 3.32. The SMILES string of the molecule is CC(C)[C@@H]1CC[C@@H](C)C[C@H]1OCCCCCCC=CCl. The lowest BCUT2D eigenvalue weighted by Gasteiger charge is -2.37. The summed E-state index contributed by atoms with van der Waals surface area (Å²) in [5.41, 5.74) is 1.62. The van der Waals surface area contributed by atoms with Crippen molar-refractivity contribution in [2.45, 2.75) is 78.2 Å². The summed E-state index contributed by atoms with van der Waals surface area (Å²) in [6.45, 7) is 8.02. The molecule has 0 aromatic rings. The molecule has 0 amide bonds. The Morgan fingerprint density at radius 2 is 1.90 bits per heavy atom. The molecule has 3 atom stereocenters. The molecule has 0 spiro atoms. The van der Waals surface area contributed by atoms with Crippen LogP contribution >= 0.6 is 11.6 Å². The van der Waals surface area contributed by atoms with Crippen LogP contribution < -0.4 is 0 Å². The van der Waals surface area contributed by atoms with Gasteiger partial charge < -0.3 is 4.74 Å². The molecule has 0 bridgehead atoms. The van der Waals surface area contributed by atoms with Crippen LogP contribution in [0.2, 0.25) is 0 Å². The van der Waals surface area contributed by atoms with E-state index in [4.69, 9.17) is 16.3 Å². The zero-order valence-corrected chi connectivity index (χ0v) is 14.4. The maximum Gasteiger partial charge on any atom is 0.0608 e. The number of rotatable bonds is 9. The minimum absolute atomic E-state index is 0.512. The molecule has 0 radical (unpaired) electrons. The molecule has 0 unspecified atom stereocenters. The van der Waals surface area contributed by atoms with Crippen molar-refractivity contribution < 1.29 is 4.74 Å². The fourth-order valence-corrected chi connectivity index (χ4v) is 3.45. The highest BCUT2D eigenvalue weighted by Crippen LogP contribution is 2.35. The lowest BCUT2D eigenvalue weighted by atomic mass is 9.75. The van der Waals surface area contributed by atoms with Gasteiger partial charge in [-0.2, -0.15) is 0 Å². The van der Waals surface area contributed by atoms with E-state index in [2.05, 4.69) is 20.8 Å². The molecule has 1 fully saturated rings. The summed E-state index contributed by atoms with van der Waals surface area (Å²) in [6.07, 6.45) is 12.7. The van der Waals surface area contributed by atoms with E-state index >= 15 is 0 Å². The van der Waals surface area contributed by atoms with Gasteiger partial charge in [0, 0.05) is 12.1 Å². The fraction of sp³-hybridized carbons (Fsp3) is 0.889. The molecule has 1 aliphatic carbocycles. The third-order valence-corrected chi connectivity index (χ3v) is 4.83. The van der Waals surface area contributed by atoms with Crippen molar-refractivity contribution in [3.05, 3.63) is 11.6 Å². The second-order valence-electron chi connectivity index (χ2n) is 6.80. The summed E-state index contributed by atoms with van der Waals surface area (Å²) in [5, 5.41) is 0. The lowest BCUT2D eigenvalue weighted by molar-refractivity contribution is -0.0394. The van der Waals surface area contributed by atoms with Gasteiger partial charge in [0.2, 0.25) is 0 Å². The van der Waals surface area contributed by atoms with E-state index in [1.807, 2.05) is 6.08 Å². The third-order valence-electron chi connectivity index (χ3n) is 4.65. The van der Waals surface area contributed by atoms with E-state index in [-0.39, 0.29) is 0 Å². The maximum atomic E-state index is 6.22. The Balaban J connectivity index is 2.12. The Hall–Kier alpha value is -0.0100. The molecule has 0 heterocycles. The maximum absolute atomic E-state index is 6.22. The molecule has 1 rings (SSSR count). The average molecular weight is 301 g/mol. The van der Waals surface area contributed by atoms with Gasteiger partial charge in [-0.3, -0.25) is 0 Å². The molecule has 118 valence electrons.